The minimum absolute atomic E-state index is 0.328. The molecule has 0 aromatic heterocycles. The van der Waals surface area contributed by atoms with Crippen molar-refractivity contribution >= 4 is 5.91 Å². The van der Waals surface area contributed by atoms with Crippen molar-refractivity contribution in [1.29, 1.82) is 0 Å². The molecule has 1 aliphatic rings. The fraction of sp³-hybridized carbons (Fsp3) is 0.857. The SMILES string of the molecule is CC1(C[C@H](N)C(N)=O)CC1. The maximum Gasteiger partial charge on any atom is 0.234 e. The largest absolute Gasteiger partial charge is 0.368 e. The molecular formula is C7H14N2O. The molecule has 0 bridgehead atoms. The van der Waals surface area contributed by atoms with Crippen molar-refractivity contribution in [2.45, 2.75) is 32.2 Å². The molecule has 0 spiro atoms. The van der Waals surface area contributed by atoms with Gasteiger partial charge < -0.3 is 11.5 Å². The predicted molar refractivity (Wildman–Crippen MR) is 39.1 cm³/mol. The lowest BCUT2D eigenvalue weighted by atomic mass is 10.00. The highest BCUT2D eigenvalue weighted by Gasteiger charge is 2.39. The van der Waals surface area contributed by atoms with Crippen LogP contribution in [0.15, 0.2) is 0 Å². The summed E-state index contributed by atoms with van der Waals surface area (Å²) in [4.78, 5) is 10.5. The predicted octanol–water partition coefficient (Wildman–Crippen LogP) is -0.0108. The molecule has 1 amide bonds. The van der Waals surface area contributed by atoms with Gasteiger partial charge in [0.2, 0.25) is 5.91 Å². The van der Waals surface area contributed by atoms with Gasteiger partial charge in [-0.25, -0.2) is 0 Å². The third kappa shape index (κ3) is 1.70. The van der Waals surface area contributed by atoms with Gasteiger partial charge in [-0.1, -0.05) is 6.92 Å². The Bertz CT molecular complexity index is 152. The van der Waals surface area contributed by atoms with Gasteiger partial charge in [-0.2, -0.15) is 0 Å². The molecule has 0 saturated heterocycles. The number of amides is 1. The van der Waals surface area contributed by atoms with Crippen LogP contribution in [0.3, 0.4) is 0 Å². The first-order chi connectivity index (χ1) is 4.53. The van der Waals surface area contributed by atoms with E-state index in [2.05, 4.69) is 6.92 Å². The van der Waals surface area contributed by atoms with Gasteiger partial charge in [0.15, 0.2) is 0 Å². The zero-order valence-electron chi connectivity index (χ0n) is 6.26. The van der Waals surface area contributed by atoms with Crippen LogP contribution in [-0.2, 0) is 4.79 Å². The topological polar surface area (TPSA) is 69.1 Å². The number of primary amides is 1. The molecular weight excluding hydrogens is 128 g/mol. The zero-order chi connectivity index (χ0) is 7.78. The second kappa shape index (κ2) is 2.23. The first-order valence-corrected chi connectivity index (χ1v) is 3.58. The van der Waals surface area contributed by atoms with Crippen LogP contribution >= 0.6 is 0 Å². The average Bonchev–Trinajstić information content (AvgIpc) is 2.47. The summed E-state index contributed by atoms with van der Waals surface area (Å²) in [6.45, 7) is 2.13. The van der Waals surface area contributed by atoms with Crippen molar-refractivity contribution < 1.29 is 4.79 Å². The highest BCUT2D eigenvalue weighted by Crippen LogP contribution is 2.48. The lowest BCUT2D eigenvalue weighted by molar-refractivity contribution is -0.119. The molecule has 3 heteroatoms. The van der Waals surface area contributed by atoms with E-state index < -0.39 is 6.04 Å². The van der Waals surface area contributed by atoms with E-state index in [9.17, 15) is 4.79 Å². The van der Waals surface area contributed by atoms with Crippen LogP contribution < -0.4 is 11.5 Å². The van der Waals surface area contributed by atoms with Crippen LogP contribution in [-0.4, -0.2) is 11.9 Å². The Morgan fingerprint density at radius 3 is 2.50 bits per heavy atom. The first kappa shape index (κ1) is 7.54. The van der Waals surface area contributed by atoms with Gasteiger partial charge in [0, 0.05) is 0 Å². The molecule has 1 rings (SSSR count). The molecule has 0 aliphatic heterocycles. The van der Waals surface area contributed by atoms with E-state index >= 15 is 0 Å². The number of carbonyl (C=O) groups is 1. The van der Waals surface area contributed by atoms with E-state index in [-0.39, 0.29) is 5.91 Å². The second-order valence-electron chi connectivity index (χ2n) is 3.52. The van der Waals surface area contributed by atoms with Crippen molar-refractivity contribution in [1.82, 2.24) is 0 Å². The Morgan fingerprint density at radius 2 is 2.20 bits per heavy atom. The highest BCUT2D eigenvalue weighted by atomic mass is 16.1. The van der Waals surface area contributed by atoms with Gasteiger partial charge in [0.1, 0.15) is 0 Å². The number of hydrogen-bond donors (Lipinski definition) is 2. The van der Waals surface area contributed by atoms with Crippen LogP contribution in [0.2, 0.25) is 0 Å². The van der Waals surface area contributed by atoms with Gasteiger partial charge in [-0.3, -0.25) is 4.79 Å². The van der Waals surface area contributed by atoms with Crippen molar-refractivity contribution in [3.8, 4) is 0 Å². The standard InChI is InChI=1S/C7H14N2O/c1-7(2-3-7)4-5(8)6(9)10/h5H,2-4,8H2,1H3,(H2,9,10)/t5-/m0/s1. The van der Waals surface area contributed by atoms with Gasteiger partial charge in [0.25, 0.3) is 0 Å². The van der Waals surface area contributed by atoms with Gasteiger partial charge in [0.05, 0.1) is 6.04 Å². The van der Waals surface area contributed by atoms with E-state index in [0.717, 1.165) is 6.42 Å². The summed E-state index contributed by atoms with van der Waals surface area (Å²) in [7, 11) is 0. The summed E-state index contributed by atoms with van der Waals surface area (Å²) in [5, 5.41) is 0. The van der Waals surface area contributed by atoms with Crippen molar-refractivity contribution in [3.05, 3.63) is 0 Å². The van der Waals surface area contributed by atoms with E-state index in [1.165, 1.54) is 12.8 Å². The fourth-order valence-corrected chi connectivity index (χ4v) is 1.05. The molecule has 0 aromatic carbocycles. The molecule has 1 aliphatic carbocycles. The first-order valence-electron chi connectivity index (χ1n) is 3.58. The normalized spacial score (nSPS) is 23.8. The summed E-state index contributed by atoms with van der Waals surface area (Å²) in [5.74, 6) is -0.381. The van der Waals surface area contributed by atoms with Crippen LogP contribution in [0, 0.1) is 5.41 Å². The second-order valence-corrected chi connectivity index (χ2v) is 3.52. The molecule has 3 nitrogen and oxygen atoms in total. The molecule has 1 fully saturated rings. The third-order valence-corrected chi connectivity index (χ3v) is 2.18. The Kier molecular flexibility index (Phi) is 1.68. The Hall–Kier alpha value is -0.570. The zero-order valence-corrected chi connectivity index (χ0v) is 6.26. The monoisotopic (exact) mass is 142 g/mol. The van der Waals surface area contributed by atoms with Crippen LogP contribution in [0.25, 0.3) is 0 Å². The lowest BCUT2D eigenvalue weighted by Crippen LogP contribution is -2.37. The van der Waals surface area contributed by atoms with Crippen molar-refractivity contribution in [2.75, 3.05) is 0 Å². The lowest BCUT2D eigenvalue weighted by Gasteiger charge is -2.11. The molecule has 10 heavy (non-hydrogen) atoms. The summed E-state index contributed by atoms with van der Waals surface area (Å²) in [5.41, 5.74) is 10.8. The number of hydrogen-bond acceptors (Lipinski definition) is 2. The molecule has 0 unspecified atom stereocenters. The summed E-state index contributed by atoms with van der Waals surface area (Å²) in [6, 6.07) is -0.438. The van der Waals surface area contributed by atoms with Gasteiger partial charge in [-0.15, -0.1) is 0 Å². The molecule has 0 heterocycles. The quantitative estimate of drug-likeness (QED) is 0.582. The molecule has 0 aromatic rings. The van der Waals surface area contributed by atoms with Crippen LogP contribution in [0.5, 0.6) is 0 Å². The summed E-state index contributed by atoms with van der Waals surface area (Å²) >= 11 is 0. The molecule has 1 saturated carbocycles. The van der Waals surface area contributed by atoms with Crippen molar-refractivity contribution in [2.24, 2.45) is 16.9 Å². The third-order valence-electron chi connectivity index (χ3n) is 2.18. The van der Waals surface area contributed by atoms with Gasteiger partial charge >= 0.3 is 0 Å². The Labute approximate surface area is 60.8 Å². The minimum atomic E-state index is -0.438. The van der Waals surface area contributed by atoms with E-state index in [1.54, 1.807) is 0 Å². The van der Waals surface area contributed by atoms with Crippen LogP contribution in [0.1, 0.15) is 26.2 Å². The Morgan fingerprint density at radius 1 is 1.70 bits per heavy atom. The molecule has 4 N–H and O–H groups in total. The average molecular weight is 142 g/mol. The maximum atomic E-state index is 10.5. The van der Waals surface area contributed by atoms with E-state index in [4.69, 9.17) is 11.5 Å². The number of nitrogens with two attached hydrogens (primary N) is 2. The van der Waals surface area contributed by atoms with E-state index in [0.29, 0.717) is 5.41 Å². The summed E-state index contributed by atoms with van der Waals surface area (Å²) < 4.78 is 0. The maximum absolute atomic E-state index is 10.5. The summed E-state index contributed by atoms with van der Waals surface area (Å²) in [6.07, 6.45) is 3.13. The molecule has 1 atom stereocenters. The molecule has 58 valence electrons. The van der Waals surface area contributed by atoms with Crippen molar-refractivity contribution in [3.63, 3.8) is 0 Å². The fourth-order valence-electron chi connectivity index (χ4n) is 1.05. The van der Waals surface area contributed by atoms with E-state index in [1.807, 2.05) is 0 Å². The number of rotatable bonds is 3. The van der Waals surface area contributed by atoms with Gasteiger partial charge in [-0.05, 0) is 24.7 Å². The number of carbonyl (C=O) groups excluding carboxylic acids is 1. The highest BCUT2D eigenvalue weighted by molar-refractivity contribution is 5.79. The smallest absolute Gasteiger partial charge is 0.234 e. The van der Waals surface area contributed by atoms with Crippen LogP contribution in [0.4, 0.5) is 0 Å². The Balaban J connectivity index is 2.31. The molecule has 0 radical (unpaired) electrons. The minimum Gasteiger partial charge on any atom is -0.368 e.